The minimum absolute atomic E-state index is 0.205. The second kappa shape index (κ2) is 9.67. The third-order valence-electron chi connectivity index (χ3n) is 4.79. The van der Waals surface area contributed by atoms with Crippen LogP contribution in [-0.4, -0.2) is 58.9 Å². The van der Waals surface area contributed by atoms with Crippen LogP contribution in [0, 0.1) is 12.7 Å². The molecule has 12 heteroatoms. The van der Waals surface area contributed by atoms with Gasteiger partial charge in [-0.15, -0.1) is 0 Å². The lowest BCUT2D eigenvalue weighted by atomic mass is 10.3. The normalized spacial score (nSPS) is 13.8. The van der Waals surface area contributed by atoms with Gasteiger partial charge in [-0.25, -0.2) is 14.4 Å². The average Bonchev–Trinajstić information content (AvgIpc) is 3.42. The molecule has 4 rings (SSSR count). The van der Waals surface area contributed by atoms with Crippen molar-refractivity contribution in [2.45, 2.75) is 12.1 Å². The number of benzene rings is 1. The number of carbonyl (C=O) groups is 2. The summed E-state index contributed by atoms with van der Waals surface area (Å²) >= 11 is 2.61. The Morgan fingerprint density at radius 1 is 1.16 bits per heavy atom. The molecule has 3 aromatic rings. The molecule has 0 bridgehead atoms. The zero-order chi connectivity index (χ0) is 22.7. The Bertz CT molecular complexity index is 1130. The van der Waals surface area contributed by atoms with Crippen molar-refractivity contribution in [3.63, 3.8) is 0 Å². The maximum Gasteiger partial charge on any atom is 0.288 e. The van der Waals surface area contributed by atoms with Gasteiger partial charge in [0, 0.05) is 18.8 Å². The van der Waals surface area contributed by atoms with E-state index < -0.39 is 11.8 Å². The quantitative estimate of drug-likeness (QED) is 0.431. The van der Waals surface area contributed by atoms with Crippen LogP contribution in [0.25, 0.3) is 5.69 Å². The van der Waals surface area contributed by atoms with Crippen LogP contribution in [0.15, 0.2) is 35.6 Å². The van der Waals surface area contributed by atoms with Crippen molar-refractivity contribution in [3.05, 3.63) is 52.5 Å². The number of imidazole rings is 1. The maximum atomic E-state index is 13.3. The first-order valence-electron chi connectivity index (χ1n) is 9.76. The summed E-state index contributed by atoms with van der Waals surface area (Å²) in [6.45, 7) is 4.43. The number of aryl methyl sites for hydroxylation is 1. The Morgan fingerprint density at radius 3 is 2.53 bits per heavy atom. The Kier molecular flexibility index (Phi) is 6.72. The molecular weight excluding hydrogens is 455 g/mol. The van der Waals surface area contributed by atoms with Gasteiger partial charge >= 0.3 is 0 Å². The molecule has 9 nitrogen and oxygen atoms in total. The highest BCUT2D eigenvalue weighted by Crippen LogP contribution is 2.26. The summed E-state index contributed by atoms with van der Waals surface area (Å²) < 4.78 is 20.3. The molecule has 168 valence electrons. The number of hydrazine groups is 1. The van der Waals surface area contributed by atoms with E-state index in [-0.39, 0.29) is 11.5 Å². The van der Waals surface area contributed by atoms with Gasteiger partial charge in [-0.1, -0.05) is 23.1 Å². The first kappa shape index (κ1) is 22.2. The second-order valence-corrected chi connectivity index (χ2v) is 8.61. The largest absolute Gasteiger partial charge is 0.378 e. The number of morpholine rings is 1. The molecule has 0 aliphatic carbocycles. The molecule has 0 saturated carbocycles. The van der Waals surface area contributed by atoms with Crippen LogP contribution < -0.4 is 15.8 Å². The Morgan fingerprint density at radius 2 is 1.84 bits per heavy atom. The van der Waals surface area contributed by atoms with Crippen molar-refractivity contribution in [1.82, 2.24) is 25.4 Å². The molecule has 2 aromatic heterocycles. The number of rotatable bonds is 5. The molecule has 1 saturated heterocycles. The number of aromatic nitrogens is 3. The summed E-state index contributed by atoms with van der Waals surface area (Å²) in [6.07, 6.45) is 3.23. The second-order valence-electron chi connectivity index (χ2n) is 6.86. The van der Waals surface area contributed by atoms with Gasteiger partial charge in [0.25, 0.3) is 11.8 Å². The fraction of sp³-hybridized carbons (Fsp3) is 0.300. The summed E-state index contributed by atoms with van der Waals surface area (Å²) in [4.78, 5) is 36.7. The number of anilines is 1. The number of nitrogens with one attached hydrogen (secondary N) is 2. The van der Waals surface area contributed by atoms with Crippen LogP contribution in [0.1, 0.15) is 25.9 Å². The lowest BCUT2D eigenvalue weighted by Crippen LogP contribution is -2.42. The van der Waals surface area contributed by atoms with E-state index in [1.165, 1.54) is 41.4 Å². The minimum Gasteiger partial charge on any atom is -0.378 e. The zero-order valence-corrected chi connectivity index (χ0v) is 19.1. The van der Waals surface area contributed by atoms with Gasteiger partial charge < -0.3 is 9.64 Å². The van der Waals surface area contributed by atoms with Crippen LogP contribution in [0.4, 0.5) is 9.52 Å². The molecule has 1 aliphatic heterocycles. The van der Waals surface area contributed by atoms with Gasteiger partial charge in [0.05, 0.1) is 25.1 Å². The number of ether oxygens (including phenoxy) is 1. The van der Waals surface area contributed by atoms with E-state index in [2.05, 4.69) is 25.7 Å². The van der Waals surface area contributed by atoms with Crippen LogP contribution in [0.5, 0.6) is 0 Å². The molecule has 0 unspecified atom stereocenters. The van der Waals surface area contributed by atoms with Gasteiger partial charge in [0.2, 0.25) is 0 Å². The topological polar surface area (TPSA) is 101 Å². The van der Waals surface area contributed by atoms with Gasteiger partial charge in [0.15, 0.2) is 10.3 Å². The summed E-state index contributed by atoms with van der Waals surface area (Å²) in [7, 11) is 0. The Balaban J connectivity index is 1.47. The number of thioether (sulfide) groups is 1. The number of thiazole rings is 1. The molecule has 0 spiro atoms. The smallest absolute Gasteiger partial charge is 0.288 e. The minimum atomic E-state index is -0.550. The first-order valence-corrected chi connectivity index (χ1v) is 11.8. The highest BCUT2D eigenvalue weighted by molar-refractivity contribution is 7.98. The number of carbonyl (C=O) groups excluding carboxylic acids is 2. The number of nitrogens with zero attached hydrogens (tertiary/aromatic N) is 4. The predicted molar refractivity (Wildman–Crippen MR) is 120 cm³/mol. The van der Waals surface area contributed by atoms with E-state index in [9.17, 15) is 14.0 Å². The molecule has 2 N–H and O–H groups in total. The molecule has 3 heterocycles. The van der Waals surface area contributed by atoms with Crippen molar-refractivity contribution < 1.29 is 18.7 Å². The molecular formula is C20H21FN6O3S2. The maximum absolute atomic E-state index is 13.3. The predicted octanol–water partition coefficient (Wildman–Crippen LogP) is 2.41. The molecule has 1 aromatic carbocycles. The highest BCUT2D eigenvalue weighted by Gasteiger charge is 2.22. The van der Waals surface area contributed by atoms with E-state index in [4.69, 9.17) is 4.74 Å². The molecule has 1 aliphatic rings. The summed E-state index contributed by atoms with van der Waals surface area (Å²) in [5.41, 5.74) is 6.26. The average molecular weight is 477 g/mol. The number of hydrogen-bond acceptors (Lipinski definition) is 8. The fourth-order valence-electron chi connectivity index (χ4n) is 3.20. The Labute approximate surface area is 192 Å². The number of hydrogen-bond donors (Lipinski definition) is 2. The monoisotopic (exact) mass is 476 g/mol. The van der Waals surface area contributed by atoms with E-state index in [1.807, 2.05) is 6.26 Å². The third kappa shape index (κ3) is 4.61. The fourth-order valence-corrected chi connectivity index (χ4v) is 4.75. The molecule has 0 atom stereocenters. The standard InChI is InChI=1S/C20H21FN6O3S2/c1-12-16(32-20(23-12)26-7-9-30-10-8-26)18(29)25-24-17(28)15-11-22-19(31-2)27(15)14-5-3-13(21)4-6-14/h3-6,11H,7-10H2,1-2H3,(H,24,28)(H,25,29). The van der Waals surface area contributed by atoms with E-state index >= 15 is 0 Å². The molecule has 32 heavy (non-hydrogen) atoms. The van der Waals surface area contributed by atoms with Gasteiger partial charge in [-0.3, -0.25) is 25.0 Å². The van der Waals surface area contributed by atoms with Crippen molar-refractivity contribution in [2.24, 2.45) is 0 Å². The van der Waals surface area contributed by atoms with Crippen LogP contribution in [0.3, 0.4) is 0 Å². The van der Waals surface area contributed by atoms with Crippen molar-refractivity contribution in [2.75, 3.05) is 37.5 Å². The highest BCUT2D eigenvalue weighted by atomic mass is 32.2. The van der Waals surface area contributed by atoms with Crippen molar-refractivity contribution in [1.29, 1.82) is 0 Å². The van der Waals surface area contributed by atoms with Crippen LogP contribution in [-0.2, 0) is 4.74 Å². The number of halogens is 1. The van der Waals surface area contributed by atoms with E-state index in [1.54, 1.807) is 23.6 Å². The van der Waals surface area contributed by atoms with E-state index in [0.29, 0.717) is 34.6 Å². The SMILES string of the molecule is CSc1ncc(C(=O)NNC(=O)c2sc(N3CCOCC3)nc2C)n1-c1ccc(F)cc1. The molecule has 2 amide bonds. The zero-order valence-electron chi connectivity index (χ0n) is 17.4. The summed E-state index contributed by atoms with van der Waals surface area (Å²) in [6, 6.07) is 5.73. The summed E-state index contributed by atoms with van der Waals surface area (Å²) in [5, 5.41) is 1.31. The van der Waals surface area contributed by atoms with Crippen LogP contribution >= 0.6 is 23.1 Å². The summed E-state index contributed by atoms with van der Waals surface area (Å²) in [5.74, 6) is -1.38. The Hall–Kier alpha value is -2.96. The van der Waals surface area contributed by atoms with E-state index in [0.717, 1.165) is 18.2 Å². The van der Waals surface area contributed by atoms with Gasteiger partial charge in [0.1, 0.15) is 16.4 Å². The number of amides is 2. The van der Waals surface area contributed by atoms with Crippen molar-refractivity contribution in [3.8, 4) is 5.69 Å². The molecule has 1 fully saturated rings. The third-order valence-corrected chi connectivity index (χ3v) is 6.66. The van der Waals surface area contributed by atoms with Gasteiger partial charge in [-0.2, -0.15) is 0 Å². The molecule has 0 radical (unpaired) electrons. The van der Waals surface area contributed by atoms with Crippen molar-refractivity contribution >= 4 is 40.0 Å². The van der Waals surface area contributed by atoms with Crippen LogP contribution in [0.2, 0.25) is 0 Å². The lowest BCUT2D eigenvalue weighted by Gasteiger charge is -2.25. The van der Waals surface area contributed by atoms with Gasteiger partial charge in [-0.05, 0) is 37.4 Å². The lowest BCUT2D eigenvalue weighted by molar-refractivity contribution is 0.0844. The first-order chi connectivity index (χ1) is 15.5.